The first-order valence-electron chi connectivity index (χ1n) is 7.17. The third kappa shape index (κ3) is 3.42. The highest BCUT2D eigenvalue weighted by Crippen LogP contribution is 2.27. The first kappa shape index (κ1) is 14.1. The van der Waals surface area contributed by atoms with Crippen LogP contribution in [-0.4, -0.2) is 25.8 Å². The largest absolute Gasteiger partial charge is 0.363 e. The molecule has 1 aliphatic carbocycles. The summed E-state index contributed by atoms with van der Waals surface area (Å²) in [6.07, 6.45) is 14.7. The third-order valence-electron chi connectivity index (χ3n) is 3.60. The number of hydrogen-bond acceptors (Lipinski definition) is 4. The van der Waals surface area contributed by atoms with Crippen molar-refractivity contribution in [2.24, 2.45) is 7.05 Å². The molecule has 5 nitrogen and oxygen atoms in total. The predicted octanol–water partition coefficient (Wildman–Crippen LogP) is 3.44. The van der Waals surface area contributed by atoms with Gasteiger partial charge in [-0.1, -0.05) is 18.6 Å². The van der Waals surface area contributed by atoms with Crippen LogP contribution in [0.15, 0.2) is 30.7 Å². The van der Waals surface area contributed by atoms with Crippen LogP contribution in [-0.2, 0) is 7.05 Å². The lowest BCUT2D eigenvalue weighted by Gasteiger charge is -2.16. The molecule has 0 bridgehead atoms. The average molecular weight is 304 g/mol. The summed E-state index contributed by atoms with van der Waals surface area (Å²) < 4.78 is 1.76. The molecule has 21 heavy (non-hydrogen) atoms. The standard InChI is InChI=1S/C15H18ClN5/c1-21-10-11(8-18-21)13-9-17-15(16)20-14(13)19-12-6-4-2-3-5-7-12/h4,6,8-10,12H,2-3,5,7H2,1H3,(H,17,19,20). The normalized spacial score (nSPS) is 18.5. The summed E-state index contributed by atoms with van der Waals surface area (Å²) in [5.41, 5.74) is 1.90. The number of anilines is 1. The fourth-order valence-corrected chi connectivity index (χ4v) is 2.65. The lowest BCUT2D eigenvalue weighted by atomic mass is 10.1. The maximum atomic E-state index is 5.96. The molecule has 0 spiro atoms. The van der Waals surface area contributed by atoms with E-state index in [-0.39, 0.29) is 11.3 Å². The molecule has 1 atom stereocenters. The summed E-state index contributed by atoms with van der Waals surface area (Å²) in [6.45, 7) is 0. The number of aryl methyl sites for hydroxylation is 1. The highest BCUT2D eigenvalue weighted by atomic mass is 35.5. The summed E-state index contributed by atoms with van der Waals surface area (Å²) >= 11 is 5.96. The Morgan fingerprint density at radius 3 is 3.05 bits per heavy atom. The van der Waals surface area contributed by atoms with E-state index in [4.69, 9.17) is 11.6 Å². The second-order valence-corrected chi connectivity index (χ2v) is 5.61. The van der Waals surface area contributed by atoms with Crippen LogP contribution in [0.1, 0.15) is 25.7 Å². The average Bonchev–Trinajstić information content (AvgIpc) is 2.73. The van der Waals surface area contributed by atoms with E-state index in [9.17, 15) is 0 Å². The fourth-order valence-electron chi connectivity index (χ4n) is 2.52. The van der Waals surface area contributed by atoms with Crippen molar-refractivity contribution in [1.82, 2.24) is 19.7 Å². The molecule has 1 unspecified atom stereocenters. The van der Waals surface area contributed by atoms with Crippen LogP contribution in [0, 0.1) is 0 Å². The summed E-state index contributed by atoms with van der Waals surface area (Å²) in [5.74, 6) is 0.763. The maximum absolute atomic E-state index is 5.96. The van der Waals surface area contributed by atoms with Gasteiger partial charge in [0.05, 0.1) is 6.20 Å². The van der Waals surface area contributed by atoms with Crippen molar-refractivity contribution in [2.45, 2.75) is 31.7 Å². The molecule has 1 N–H and O–H groups in total. The van der Waals surface area contributed by atoms with Gasteiger partial charge in [-0.25, -0.2) is 9.97 Å². The molecular weight excluding hydrogens is 286 g/mol. The van der Waals surface area contributed by atoms with Crippen LogP contribution in [0.5, 0.6) is 0 Å². The number of rotatable bonds is 3. The van der Waals surface area contributed by atoms with E-state index in [2.05, 4.69) is 32.5 Å². The van der Waals surface area contributed by atoms with E-state index in [1.807, 2.05) is 13.2 Å². The summed E-state index contributed by atoms with van der Waals surface area (Å²) in [4.78, 5) is 8.45. The molecule has 3 rings (SSSR count). The van der Waals surface area contributed by atoms with Crippen LogP contribution in [0.4, 0.5) is 5.82 Å². The second-order valence-electron chi connectivity index (χ2n) is 5.27. The van der Waals surface area contributed by atoms with Gasteiger partial charge in [0.2, 0.25) is 5.28 Å². The lowest BCUT2D eigenvalue weighted by Crippen LogP contribution is -2.17. The Balaban J connectivity index is 1.91. The molecular formula is C15H18ClN5. The van der Waals surface area contributed by atoms with Crippen molar-refractivity contribution < 1.29 is 0 Å². The molecule has 0 radical (unpaired) electrons. The Kier molecular flexibility index (Phi) is 4.20. The summed E-state index contributed by atoms with van der Waals surface area (Å²) in [5, 5.41) is 7.94. The number of hydrogen-bond donors (Lipinski definition) is 1. The van der Waals surface area contributed by atoms with E-state index in [1.54, 1.807) is 17.1 Å². The highest BCUT2D eigenvalue weighted by molar-refractivity contribution is 6.28. The van der Waals surface area contributed by atoms with E-state index < -0.39 is 0 Å². The van der Waals surface area contributed by atoms with E-state index in [0.717, 1.165) is 29.8 Å². The van der Waals surface area contributed by atoms with Crippen LogP contribution in [0.3, 0.4) is 0 Å². The van der Waals surface area contributed by atoms with Gasteiger partial charge >= 0.3 is 0 Å². The first-order chi connectivity index (χ1) is 10.2. The van der Waals surface area contributed by atoms with Gasteiger partial charge in [0, 0.05) is 36.6 Å². The Labute approximate surface area is 129 Å². The van der Waals surface area contributed by atoms with Gasteiger partial charge in [0.15, 0.2) is 0 Å². The van der Waals surface area contributed by atoms with Crippen LogP contribution in [0.2, 0.25) is 5.28 Å². The Morgan fingerprint density at radius 1 is 1.33 bits per heavy atom. The monoisotopic (exact) mass is 303 g/mol. The molecule has 110 valence electrons. The van der Waals surface area contributed by atoms with Gasteiger partial charge in [-0.3, -0.25) is 4.68 Å². The summed E-state index contributed by atoms with van der Waals surface area (Å²) in [6, 6.07) is 0.286. The number of nitrogens with zero attached hydrogens (tertiary/aromatic N) is 4. The van der Waals surface area contributed by atoms with E-state index >= 15 is 0 Å². The van der Waals surface area contributed by atoms with Gasteiger partial charge in [-0.2, -0.15) is 5.10 Å². The highest BCUT2D eigenvalue weighted by Gasteiger charge is 2.14. The molecule has 0 aromatic carbocycles. The van der Waals surface area contributed by atoms with Crippen molar-refractivity contribution in [2.75, 3.05) is 5.32 Å². The molecule has 6 heteroatoms. The number of allylic oxidation sites excluding steroid dienone is 1. The van der Waals surface area contributed by atoms with Gasteiger partial charge in [0.25, 0.3) is 0 Å². The minimum atomic E-state index is 0.253. The van der Waals surface area contributed by atoms with Gasteiger partial charge in [-0.05, 0) is 30.9 Å². The van der Waals surface area contributed by atoms with Crippen molar-refractivity contribution in [1.29, 1.82) is 0 Å². The predicted molar refractivity (Wildman–Crippen MR) is 84.3 cm³/mol. The van der Waals surface area contributed by atoms with Crippen LogP contribution >= 0.6 is 11.6 Å². The SMILES string of the molecule is Cn1cc(-c2cnc(Cl)nc2NC2C=CCCCC2)cn1. The maximum Gasteiger partial charge on any atom is 0.224 e. The second kappa shape index (κ2) is 6.26. The van der Waals surface area contributed by atoms with E-state index in [1.165, 1.54) is 12.8 Å². The molecule has 2 aromatic rings. The zero-order chi connectivity index (χ0) is 14.7. The quantitative estimate of drug-likeness (QED) is 0.697. The van der Waals surface area contributed by atoms with Gasteiger partial charge in [0.1, 0.15) is 5.82 Å². The summed E-state index contributed by atoms with van der Waals surface area (Å²) in [7, 11) is 1.89. The molecule has 2 heterocycles. The van der Waals surface area contributed by atoms with Crippen molar-refractivity contribution in [3.8, 4) is 11.1 Å². The molecule has 1 aliphatic rings. The van der Waals surface area contributed by atoms with Crippen molar-refractivity contribution in [3.63, 3.8) is 0 Å². The van der Waals surface area contributed by atoms with Crippen molar-refractivity contribution >= 4 is 17.4 Å². The molecule has 2 aromatic heterocycles. The zero-order valence-corrected chi connectivity index (χ0v) is 12.7. The first-order valence-corrected chi connectivity index (χ1v) is 7.55. The molecule has 0 fully saturated rings. The minimum Gasteiger partial charge on any atom is -0.363 e. The fraction of sp³-hybridized carbons (Fsp3) is 0.400. The Hall–Kier alpha value is -1.88. The molecule has 0 aliphatic heterocycles. The molecule has 0 amide bonds. The molecule has 0 saturated carbocycles. The Morgan fingerprint density at radius 2 is 2.24 bits per heavy atom. The number of nitrogens with one attached hydrogen (secondary N) is 1. The van der Waals surface area contributed by atoms with Crippen molar-refractivity contribution in [3.05, 3.63) is 36.0 Å². The zero-order valence-electron chi connectivity index (χ0n) is 12.0. The smallest absolute Gasteiger partial charge is 0.224 e. The van der Waals surface area contributed by atoms with Crippen LogP contribution < -0.4 is 5.32 Å². The third-order valence-corrected chi connectivity index (χ3v) is 3.78. The number of halogens is 1. The topological polar surface area (TPSA) is 55.6 Å². The lowest BCUT2D eigenvalue weighted by molar-refractivity contribution is 0.678. The number of aromatic nitrogens is 4. The van der Waals surface area contributed by atoms with Crippen LogP contribution in [0.25, 0.3) is 11.1 Å². The van der Waals surface area contributed by atoms with E-state index in [0.29, 0.717) is 0 Å². The van der Waals surface area contributed by atoms with Gasteiger partial charge in [-0.15, -0.1) is 0 Å². The molecule has 0 saturated heterocycles. The van der Waals surface area contributed by atoms with Gasteiger partial charge < -0.3 is 5.32 Å². The minimum absolute atomic E-state index is 0.253. The Bertz CT molecular complexity index is 649.